The van der Waals surface area contributed by atoms with Gasteiger partial charge in [-0.05, 0) is 43.0 Å². The molecule has 1 aliphatic carbocycles. The third-order valence-electron chi connectivity index (χ3n) is 2.96. The molecule has 0 amide bonds. The number of benzene rings is 1. The van der Waals surface area contributed by atoms with Crippen LogP contribution in [0.4, 0.5) is 4.39 Å². The number of rotatable bonds is 4. The summed E-state index contributed by atoms with van der Waals surface area (Å²) in [5.74, 6) is 0.187. The second-order valence-electron chi connectivity index (χ2n) is 4.37. The molecular formula is C12H15ClFNO. The van der Waals surface area contributed by atoms with Crippen molar-refractivity contribution in [3.05, 3.63) is 34.6 Å². The van der Waals surface area contributed by atoms with E-state index >= 15 is 0 Å². The van der Waals surface area contributed by atoms with Gasteiger partial charge in [-0.25, -0.2) is 4.39 Å². The Bertz CT molecular complexity index is 366. The summed E-state index contributed by atoms with van der Waals surface area (Å²) in [5, 5.41) is 12.5. The van der Waals surface area contributed by atoms with E-state index in [2.05, 4.69) is 5.32 Å². The van der Waals surface area contributed by atoms with Crippen molar-refractivity contribution < 1.29 is 9.50 Å². The minimum absolute atomic E-state index is 0.111. The lowest BCUT2D eigenvalue weighted by molar-refractivity contribution is 0.0430. The molecule has 2 N–H and O–H groups in total. The van der Waals surface area contributed by atoms with Crippen molar-refractivity contribution in [1.29, 1.82) is 0 Å². The molecule has 1 fully saturated rings. The minimum Gasteiger partial charge on any atom is -0.393 e. The van der Waals surface area contributed by atoms with E-state index in [0.29, 0.717) is 12.5 Å². The molecule has 0 aliphatic heterocycles. The van der Waals surface area contributed by atoms with Crippen molar-refractivity contribution in [1.82, 2.24) is 5.32 Å². The Kier molecular flexibility index (Phi) is 3.79. The molecule has 0 saturated heterocycles. The van der Waals surface area contributed by atoms with Gasteiger partial charge in [-0.15, -0.1) is 0 Å². The topological polar surface area (TPSA) is 32.3 Å². The van der Waals surface area contributed by atoms with Gasteiger partial charge in [0.05, 0.1) is 11.1 Å². The maximum atomic E-state index is 13.1. The molecule has 1 aliphatic rings. The predicted molar refractivity (Wildman–Crippen MR) is 61.8 cm³/mol. The number of aliphatic hydroxyl groups is 1. The fourth-order valence-corrected chi connectivity index (χ4v) is 2.05. The molecule has 0 radical (unpaired) electrons. The normalized spacial score (nSPS) is 24.2. The van der Waals surface area contributed by atoms with Gasteiger partial charge >= 0.3 is 0 Å². The first kappa shape index (κ1) is 11.8. The third-order valence-corrected chi connectivity index (χ3v) is 3.26. The Labute approximate surface area is 99.4 Å². The van der Waals surface area contributed by atoms with Gasteiger partial charge in [0, 0.05) is 6.54 Å². The van der Waals surface area contributed by atoms with Gasteiger partial charge in [0.1, 0.15) is 5.82 Å². The zero-order valence-corrected chi connectivity index (χ0v) is 9.67. The molecule has 1 aromatic carbocycles. The van der Waals surface area contributed by atoms with Gasteiger partial charge in [0.15, 0.2) is 0 Å². The molecule has 2 nitrogen and oxygen atoms in total. The van der Waals surface area contributed by atoms with Crippen molar-refractivity contribution in [3.63, 3.8) is 0 Å². The summed E-state index contributed by atoms with van der Waals surface area (Å²) in [4.78, 5) is 0. The first-order valence-corrected chi connectivity index (χ1v) is 5.85. The zero-order valence-electron chi connectivity index (χ0n) is 8.92. The molecule has 2 rings (SSSR count). The smallest absolute Gasteiger partial charge is 0.142 e. The van der Waals surface area contributed by atoms with Crippen LogP contribution in [0, 0.1) is 11.7 Å². The van der Waals surface area contributed by atoms with E-state index in [0.717, 1.165) is 24.9 Å². The lowest BCUT2D eigenvalue weighted by Gasteiger charge is -2.31. The average molecular weight is 244 g/mol. The SMILES string of the molecule is OC1CC(CNCc2ccc(Cl)c(F)c2)C1. The summed E-state index contributed by atoms with van der Waals surface area (Å²) in [5.41, 5.74) is 0.891. The van der Waals surface area contributed by atoms with Crippen LogP contribution >= 0.6 is 11.6 Å². The molecule has 88 valence electrons. The standard InChI is InChI=1S/C12H15ClFNO/c13-11-2-1-8(5-12(11)14)6-15-7-9-3-10(16)4-9/h1-2,5,9-10,15-16H,3-4,6-7H2. The van der Waals surface area contributed by atoms with Crippen LogP contribution in [0.3, 0.4) is 0 Å². The number of aliphatic hydroxyl groups excluding tert-OH is 1. The number of hydrogen-bond acceptors (Lipinski definition) is 2. The number of hydrogen-bond donors (Lipinski definition) is 2. The summed E-state index contributed by atoms with van der Waals surface area (Å²) < 4.78 is 13.1. The van der Waals surface area contributed by atoms with Gasteiger partial charge in [-0.3, -0.25) is 0 Å². The highest BCUT2D eigenvalue weighted by molar-refractivity contribution is 6.30. The summed E-state index contributed by atoms with van der Waals surface area (Å²) in [7, 11) is 0. The van der Waals surface area contributed by atoms with Crippen molar-refractivity contribution in [3.8, 4) is 0 Å². The van der Waals surface area contributed by atoms with Crippen molar-refractivity contribution in [2.24, 2.45) is 5.92 Å². The highest BCUT2D eigenvalue weighted by Gasteiger charge is 2.26. The second kappa shape index (κ2) is 5.13. The average Bonchev–Trinajstić information content (AvgIpc) is 2.21. The summed E-state index contributed by atoms with van der Waals surface area (Å²) in [6.07, 6.45) is 1.64. The molecule has 0 unspecified atom stereocenters. The van der Waals surface area contributed by atoms with Crippen LogP contribution in [-0.4, -0.2) is 17.8 Å². The third kappa shape index (κ3) is 2.94. The van der Waals surface area contributed by atoms with Crippen LogP contribution < -0.4 is 5.32 Å². The molecule has 0 atom stereocenters. The molecule has 0 aromatic heterocycles. The van der Waals surface area contributed by atoms with E-state index in [-0.39, 0.29) is 16.9 Å². The van der Waals surface area contributed by atoms with Gasteiger partial charge in [-0.2, -0.15) is 0 Å². The highest BCUT2D eigenvalue weighted by Crippen LogP contribution is 2.26. The van der Waals surface area contributed by atoms with Crippen LogP contribution in [-0.2, 0) is 6.54 Å². The molecule has 16 heavy (non-hydrogen) atoms. The van der Waals surface area contributed by atoms with Crippen molar-refractivity contribution in [2.45, 2.75) is 25.5 Å². The molecule has 1 aromatic rings. The van der Waals surface area contributed by atoms with Crippen LogP contribution in [0.5, 0.6) is 0 Å². The number of halogens is 2. The van der Waals surface area contributed by atoms with E-state index in [1.54, 1.807) is 6.07 Å². The van der Waals surface area contributed by atoms with Gasteiger partial charge in [0.2, 0.25) is 0 Å². The Morgan fingerprint density at radius 2 is 2.19 bits per heavy atom. The van der Waals surface area contributed by atoms with E-state index in [4.69, 9.17) is 16.7 Å². The summed E-state index contributed by atoms with van der Waals surface area (Å²) >= 11 is 5.59. The summed E-state index contributed by atoms with van der Waals surface area (Å²) in [6, 6.07) is 4.83. The van der Waals surface area contributed by atoms with Crippen LogP contribution in [0.2, 0.25) is 5.02 Å². The zero-order chi connectivity index (χ0) is 11.5. The molecule has 0 spiro atoms. The Morgan fingerprint density at radius 3 is 2.81 bits per heavy atom. The van der Waals surface area contributed by atoms with Crippen molar-refractivity contribution >= 4 is 11.6 Å². The first-order chi connectivity index (χ1) is 7.65. The van der Waals surface area contributed by atoms with E-state index < -0.39 is 0 Å². The van der Waals surface area contributed by atoms with Crippen LogP contribution in [0.25, 0.3) is 0 Å². The fourth-order valence-electron chi connectivity index (χ4n) is 1.94. The largest absolute Gasteiger partial charge is 0.393 e. The predicted octanol–water partition coefficient (Wildman–Crippen LogP) is 2.34. The number of nitrogens with one attached hydrogen (secondary N) is 1. The minimum atomic E-state index is -0.375. The molecule has 0 bridgehead atoms. The second-order valence-corrected chi connectivity index (χ2v) is 4.78. The first-order valence-electron chi connectivity index (χ1n) is 5.48. The highest BCUT2D eigenvalue weighted by atomic mass is 35.5. The van der Waals surface area contributed by atoms with E-state index in [1.165, 1.54) is 6.07 Å². The lowest BCUT2D eigenvalue weighted by Crippen LogP contribution is -2.35. The molecule has 0 heterocycles. The molecule has 1 saturated carbocycles. The van der Waals surface area contributed by atoms with Gasteiger partial charge < -0.3 is 10.4 Å². The van der Waals surface area contributed by atoms with E-state index in [9.17, 15) is 4.39 Å². The van der Waals surface area contributed by atoms with Crippen molar-refractivity contribution in [2.75, 3.05) is 6.54 Å². The maximum absolute atomic E-state index is 13.1. The monoisotopic (exact) mass is 243 g/mol. The van der Waals surface area contributed by atoms with Gasteiger partial charge in [0.25, 0.3) is 0 Å². The fraction of sp³-hybridized carbons (Fsp3) is 0.500. The quantitative estimate of drug-likeness (QED) is 0.851. The van der Waals surface area contributed by atoms with E-state index in [1.807, 2.05) is 6.07 Å². The Balaban J connectivity index is 1.74. The van der Waals surface area contributed by atoms with Gasteiger partial charge in [-0.1, -0.05) is 17.7 Å². The Morgan fingerprint density at radius 1 is 1.44 bits per heavy atom. The molecular weight excluding hydrogens is 229 g/mol. The maximum Gasteiger partial charge on any atom is 0.142 e. The van der Waals surface area contributed by atoms with Crippen LogP contribution in [0.1, 0.15) is 18.4 Å². The Hall–Kier alpha value is -0.640. The summed E-state index contributed by atoms with van der Waals surface area (Å²) in [6.45, 7) is 1.52. The lowest BCUT2D eigenvalue weighted by atomic mass is 9.82. The van der Waals surface area contributed by atoms with Crippen LogP contribution in [0.15, 0.2) is 18.2 Å². The molecule has 4 heteroatoms.